The van der Waals surface area contributed by atoms with Crippen molar-refractivity contribution in [2.24, 2.45) is 0 Å². The van der Waals surface area contributed by atoms with Gasteiger partial charge in [-0.2, -0.15) is 10.1 Å². The Morgan fingerprint density at radius 2 is 2.00 bits per heavy atom. The number of nitrogens with zero attached hydrogens (tertiary/aromatic N) is 4. The van der Waals surface area contributed by atoms with Crippen LogP contribution in [0.3, 0.4) is 0 Å². The molecule has 0 spiro atoms. The molecule has 1 heterocycles. The Balaban J connectivity index is 2.72. The first-order chi connectivity index (χ1) is 7.31. The van der Waals surface area contributed by atoms with Crippen molar-refractivity contribution in [2.75, 3.05) is 29.9 Å². The Bertz CT molecular complexity index is 285. The Morgan fingerprint density at radius 1 is 1.27 bits per heavy atom. The van der Waals surface area contributed by atoms with Crippen molar-refractivity contribution in [3.63, 3.8) is 0 Å². The van der Waals surface area contributed by atoms with E-state index in [0.29, 0.717) is 5.95 Å². The summed E-state index contributed by atoms with van der Waals surface area (Å²) in [4.78, 5) is 6.47. The molecule has 0 radical (unpaired) electrons. The minimum absolute atomic E-state index is 0.695. The van der Waals surface area contributed by atoms with E-state index in [4.69, 9.17) is 0 Å². The molecule has 0 saturated carbocycles. The lowest BCUT2D eigenvalue weighted by Gasteiger charge is -2.17. The first-order valence-corrected chi connectivity index (χ1v) is 5.50. The summed E-state index contributed by atoms with van der Waals surface area (Å²) in [7, 11) is 0. The van der Waals surface area contributed by atoms with Gasteiger partial charge in [0.2, 0.25) is 5.95 Å². The Morgan fingerprint density at radius 3 is 2.60 bits per heavy atom. The van der Waals surface area contributed by atoms with E-state index in [1.807, 2.05) is 0 Å². The van der Waals surface area contributed by atoms with Gasteiger partial charge in [0.25, 0.3) is 0 Å². The Kier molecular flexibility index (Phi) is 4.80. The third-order valence-corrected chi connectivity index (χ3v) is 2.15. The van der Waals surface area contributed by atoms with Gasteiger partial charge in [-0.05, 0) is 20.3 Å². The van der Waals surface area contributed by atoms with Crippen LogP contribution in [0.5, 0.6) is 0 Å². The van der Waals surface area contributed by atoms with Crippen molar-refractivity contribution in [3.8, 4) is 0 Å². The fourth-order valence-electron chi connectivity index (χ4n) is 1.27. The van der Waals surface area contributed by atoms with E-state index in [-0.39, 0.29) is 0 Å². The SMILES string of the molecule is CCCNc1cnnc(N(CC)CC)n1. The molecule has 0 amide bonds. The van der Waals surface area contributed by atoms with Crippen molar-refractivity contribution in [1.29, 1.82) is 0 Å². The van der Waals surface area contributed by atoms with E-state index in [0.717, 1.165) is 31.9 Å². The molecule has 0 aliphatic carbocycles. The van der Waals surface area contributed by atoms with Gasteiger partial charge in [-0.15, -0.1) is 5.10 Å². The third-order valence-electron chi connectivity index (χ3n) is 2.15. The van der Waals surface area contributed by atoms with Gasteiger partial charge in [-0.3, -0.25) is 0 Å². The summed E-state index contributed by atoms with van der Waals surface area (Å²) in [6.07, 6.45) is 2.73. The lowest BCUT2D eigenvalue weighted by atomic mass is 10.5. The molecule has 0 aromatic carbocycles. The van der Waals surface area contributed by atoms with Gasteiger partial charge in [-0.1, -0.05) is 6.92 Å². The first-order valence-electron chi connectivity index (χ1n) is 5.50. The third kappa shape index (κ3) is 3.34. The minimum atomic E-state index is 0.695. The van der Waals surface area contributed by atoms with Gasteiger partial charge in [0.15, 0.2) is 5.82 Å². The molecule has 0 aliphatic rings. The van der Waals surface area contributed by atoms with Crippen molar-refractivity contribution in [1.82, 2.24) is 15.2 Å². The van der Waals surface area contributed by atoms with E-state index in [2.05, 4.69) is 46.2 Å². The smallest absolute Gasteiger partial charge is 0.247 e. The molecule has 1 rings (SSSR count). The number of aromatic nitrogens is 3. The van der Waals surface area contributed by atoms with Crippen LogP contribution in [-0.2, 0) is 0 Å². The molecular formula is C10H19N5. The second kappa shape index (κ2) is 6.16. The molecule has 1 aromatic rings. The molecule has 0 aliphatic heterocycles. The zero-order valence-electron chi connectivity index (χ0n) is 9.69. The number of anilines is 2. The molecule has 0 unspecified atom stereocenters. The molecule has 5 heteroatoms. The van der Waals surface area contributed by atoms with Gasteiger partial charge < -0.3 is 10.2 Å². The predicted molar refractivity (Wildman–Crippen MR) is 62.2 cm³/mol. The largest absolute Gasteiger partial charge is 0.369 e. The van der Waals surface area contributed by atoms with Crippen LogP contribution >= 0.6 is 0 Å². The maximum atomic E-state index is 4.39. The standard InChI is InChI=1S/C10H19N5/c1-4-7-11-9-8-12-14-10(13-9)15(5-2)6-3/h8H,4-7H2,1-3H3,(H,11,13,14). The molecule has 0 atom stereocenters. The molecule has 15 heavy (non-hydrogen) atoms. The normalized spacial score (nSPS) is 10.1. The number of rotatable bonds is 6. The first kappa shape index (κ1) is 11.7. The maximum absolute atomic E-state index is 4.39. The van der Waals surface area contributed by atoms with Crippen molar-refractivity contribution in [3.05, 3.63) is 6.20 Å². The maximum Gasteiger partial charge on any atom is 0.247 e. The molecule has 1 aromatic heterocycles. The number of nitrogens with one attached hydrogen (secondary N) is 1. The van der Waals surface area contributed by atoms with Crippen LogP contribution < -0.4 is 10.2 Å². The summed E-state index contributed by atoms with van der Waals surface area (Å²) >= 11 is 0. The van der Waals surface area contributed by atoms with E-state index >= 15 is 0 Å². The topological polar surface area (TPSA) is 53.9 Å². The van der Waals surface area contributed by atoms with Crippen molar-refractivity contribution >= 4 is 11.8 Å². The van der Waals surface area contributed by atoms with Crippen LogP contribution in [0, 0.1) is 0 Å². The molecule has 0 saturated heterocycles. The molecular weight excluding hydrogens is 190 g/mol. The van der Waals surface area contributed by atoms with Crippen LogP contribution in [0.25, 0.3) is 0 Å². The fourth-order valence-corrected chi connectivity index (χ4v) is 1.27. The molecule has 0 fully saturated rings. The summed E-state index contributed by atoms with van der Waals surface area (Å²) in [5, 5.41) is 11.1. The highest BCUT2D eigenvalue weighted by Crippen LogP contribution is 2.08. The average molecular weight is 209 g/mol. The second-order valence-electron chi connectivity index (χ2n) is 3.24. The fraction of sp³-hybridized carbons (Fsp3) is 0.700. The highest BCUT2D eigenvalue weighted by atomic mass is 15.3. The highest BCUT2D eigenvalue weighted by molar-refractivity contribution is 5.38. The zero-order valence-corrected chi connectivity index (χ0v) is 9.69. The van der Waals surface area contributed by atoms with E-state index in [9.17, 15) is 0 Å². The molecule has 0 bridgehead atoms. The van der Waals surface area contributed by atoms with Gasteiger partial charge >= 0.3 is 0 Å². The second-order valence-corrected chi connectivity index (χ2v) is 3.24. The Labute approximate surface area is 90.9 Å². The van der Waals surface area contributed by atoms with Crippen LogP contribution in [0.15, 0.2) is 6.20 Å². The summed E-state index contributed by atoms with van der Waals surface area (Å²) in [6.45, 7) is 8.99. The Hall–Kier alpha value is -1.39. The van der Waals surface area contributed by atoms with Crippen LogP contribution in [0.1, 0.15) is 27.2 Å². The van der Waals surface area contributed by atoms with Crippen molar-refractivity contribution in [2.45, 2.75) is 27.2 Å². The summed E-state index contributed by atoms with van der Waals surface area (Å²) in [6, 6.07) is 0. The number of hydrogen-bond acceptors (Lipinski definition) is 5. The van der Waals surface area contributed by atoms with E-state index < -0.39 is 0 Å². The highest BCUT2D eigenvalue weighted by Gasteiger charge is 2.06. The zero-order chi connectivity index (χ0) is 11.1. The summed E-state index contributed by atoms with van der Waals surface area (Å²) < 4.78 is 0. The van der Waals surface area contributed by atoms with Crippen molar-refractivity contribution < 1.29 is 0 Å². The molecule has 5 nitrogen and oxygen atoms in total. The van der Waals surface area contributed by atoms with Gasteiger partial charge in [-0.25, -0.2) is 0 Å². The summed E-state index contributed by atoms with van der Waals surface area (Å²) in [5.74, 6) is 1.50. The van der Waals surface area contributed by atoms with Crippen LogP contribution in [-0.4, -0.2) is 34.8 Å². The quantitative estimate of drug-likeness (QED) is 0.770. The minimum Gasteiger partial charge on any atom is -0.369 e. The molecule has 1 N–H and O–H groups in total. The van der Waals surface area contributed by atoms with Crippen LogP contribution in [0.2, 0.25) is 0 Å². The van der Waals surface area contributed by atoms with Gasteiger partial charge in [0.05, 0.1) is 6.20 Å². The van der Waals surface area contributed by atoms with E-state index in [1.54, 1.807) is 6.20 Å². The predicted octanol–water partition coefficient (Wildman–Crippen LogP) is 1.54. The lowest BCUT2D eigenvalue weighted by molar-refractivity contribution is 0.793. The monoisotopic (exact) mass is 209 g/mol. The number of hydrogen-bond donors (Lipinski definition) is 1. The molecule has 84 valence electrons. The van der Waals surface area contributed by atoms with Gasteiger partial charge in [0, 0.05) is 19.6 Å². The van der Waals surface area contributed by atoms with E-state index in [1.165, 1.54) is 0 Å². The van der Waals surface area contributed by atoms with Gasteiger partial charge in [0.1, 0.15) is 0 Å². The van der Waals surface area contributed by atoms with Crippen LogP contribution in [0.4, 0.5) is 11.8 Å². The summed E-state index contributed by atoms with van der Waals surface area (Å²) in [5.41, 5.74) is 0. The lowest BCUT2D eigenvalue weighted by Crippen LogP contribution is -2.24. The average Bonchev–Trinajstić information content (AvgIpc) is 2.29.